The molecular weight excluding hydrogens is 304 g/mol. The number of benzene rings is 1. The van der Waals surface area contributed by atoms with Crippen molar-refractivity contribution in [3.63, 3.8) is 0 Å². The van der Waals surface area contributed by atoms with Gasteiger partial charge in [-0.3, -0.25) is 9.59 Å². The number of hydrogen-bond donors (Lipinski definition) is 1. The first-order chi connectivity index (χ1) is 11.6. The summed E-state index contributed by atoms with van der Waals surface area (Å²) in [5.41, 5.74) is 2.22. The monoisotopic (exact) mass is 328 g/mol. The van der Waals surface area contributed by atoms with Gasteiger partial charge in [0.25, 0.3) is 5.91 Å². The van der Waals surface area contributed by atoms with E-state index in [2.05, 4.69) is 11.4 Å². The summed E-state index contributed by atoms with van der Waals surface area (Å²) in [4.78, 5) is 25.1. The summed E-state index contributed by atoms with van der Waals surface area (Å²) in [6, 6.07) is 5.78. The molecule has 1 N–H and O–H groups in total. The molecule has 2 heterocycles. The second kappa shape index (κ2) is 7.18. The molecule has 24 heavy (non-hydrogen) atoms. The van der Waals surface area contributed by atoms with Gasteiger partial charge in [-0.15, -0.1) is 0 Å². The highest BCUT2D eigenvalue weighted by Gasteiger charge is 2.18. The van der Waals surface area contributed by atoms with Crippen LogP contribution < -0.4 is 10.7 Å². The summed E-state index contributed by atoms with van der Waals surface area (Å²) in [7, 11) is 0. The lowest BCUT2D eigenvalue weighted by Crippen LogP contribution is -2.31. The number of carbonyl (C=O) groups excluding carboxylic acids is 1. The van der Waals surface area contributed by atoms with Crippen molar-refractivity contribution in [3.8, 4) is 0 Å². The lowest BCUT2D eigenvalue weighted by atomic mass is 10.00. The number of para-hydroxylation sites is 1. The van der Waals surface area contributed by atoms with Crippen LogP contribution in [0.1, 0.15) is 42.6 Å². The van der Waals surface area contributed by atoms with E-state index in [0.717, 1.165) is 31.3 Å². The molecule has 1 aromatic heterocycles. The summed E-state index contributed by atoms with van der Waals surface area (Å²) < 4.78 is 7.50. The van der Waals surface area contributed by atoms with Gasteiger partial charge in [-0.05, 0) is 44.7 Å². The summed E-state index contributed by atoms with van der Waals surface area (Å²) in [6.45, 7) is 5.91. The molecule has 1 aliphatic rings. The summed E-state index contributed by atoms with van der Waals surface area (Å²) in [5.74, 6) is -0.300. The van der Waals surface area contributed by atoms with Crippen LogP contribution >= 0.6 is 0 Å². The molecule has 1 amide bonds. The first-order valence-corrected chi connectivity index (χ1v) is 8.63. The maximum atomic E-state index is 12.7. The van der Waals surface area contributed by atoms with Crippen LogP contribution in [0, 0.1) is 0 Å². The van der Waals surface area contributed by atoms with Crippen LogP contribution in [0.25, 0.3) is 10.9 Å². The van der Waals surface area contributed by atoms with Gasteiger partial charge in [-0.1, -0.05) is 12.1 Å². The number of hydrogen-bond acceptors (Lipinski definition) is 3. The third-order valence-electron chi connectivity index (χ3n) is 4.33. The fourth-order valence-corrected chi connectivity index (χ4v) is 3.21. The van der Waals surface area contributed by atoms with Crippen LogP contribution in [-0.2, 0) is 17.7 Å². The van der Waals surface area contributed by atoms with Gasteiger partial charge in [-0.2, -0.15) is 0 Å². The van der Waals surface area contributed by atoms with E-state index in [1.165, 1.54) is 5.56 Å². The Bertz CT molecular complexity index is 808. The second-order valence-corrected chi connectivity index (χ2v) is 6.51. The fraction of sp³-hybridized carbons (Fsp3) is 0.474. The molecule has 0 saturated carbocycles. The average Bonchev–Trinajstić information content (AvgIpc) is 2.57. The molecule has 0 saturated heterocycles. The number of aryl methyl sites for hydroxylation is 2. The van der Waals surface area contributed by atoms with E-state index in [4.69, 9.17) is 4.74 Å². The van der Waals surface area contributed by atoms with Crippen molar-refractivity contribution in [2.45, 2.75) is 45.8 Å². The maximum Gasteiger partial charge on any atom is 0.256 e. The maximum absolute atomic E-state index is 12.7. The smallest absolute Gasteiger partial charge is 0.256 e. The lowest BCUT2D eigenvalue weighted by molar-refractivity contribution is 0.0757. The van der Waals surface area contributed by atoms with Gasteiger partial charge in [0, 0.05) is 31.3 Å². The summed E-state index contributed by atoms with van der Waals surface area (Å²) in [6.07, 6.45) is 4.65. The predicted molar refractivity (Wildman–Crippen MR) is 94.6 cm³/mol. The second-order valence-electron chi connectivity index (χ2n) is 6.51. The number of rotatable bonds is 6. The standard InChI is InChI=1S/C19H24N2O3/c1-13(2)24-11-5-9-20-19(23)16-12-21-10-4-7-14-6-3-8-15(17(14)21)18(16)22/h3,6,8,12-13H,4-5,7,9-11H2,1-2H3,(H,20,23). The Labute approximate surface area is 141 Å². The largest absolute Gasteiger partial charge is 0.379 e. The van der Waals surface area contributed by atoms with E-state index in [-0.39, 0.29) is 23.0 Å². The minimum Gasteiger partial charge on any atom is -0.379 e. The molecule has 0 atom stereocenters. The molecule has 5 nitrogen and oxygen atoms in total. The van der Waals surface area contributed by atoms with Gasteiger partial charge in [0.05, 0.1) is 11.6 Å². The topological polar surface area (TPSA) is 60.3 Å². The van der Waals surface area contributed by atoms with Crippen molar-refractivity contribution in [3.05, 3.63) is 45.7 Å². The van der Waals surface area contributed by atoms with E-state index in [0.29, 0.717) is 18.5 Å². The molecule has 128 valence electrons. The zero-order chi connectivity index (χ0) is 17.1. The number of amides is 1. The van der Waals surface area contributed by atoms with Crippen LogP contribution in [0.15, 0.2) is 29.2 Å². The van der Waals surface area contributed by atoms with Gasteiger partial charge < -0.3 is 14.6 Å². The quantitative estimate of drug-likeness (QED) is 0.829. The molecule has 0 aliphatic carbocycles. The number of pyridine rings is 1. The number of carbonyl (C=O) groups is 1. The van der Waals surface area contributed by atoms with Crippen LogP contribution in [0.2, 0.25) is 0 Å². The normalized spacial score (nSPS) is 13.5. The third-order valence-corrected chi connectivity index (χ3v) is 4.33. The molecule has 1 aliphatic heterocycles. The van der Waals surface area contributed by atoms with Crippen molar-refractivity contribution in [1.82, 2.24) is 9.88 Å². The molecule has 5 heteroatoms. The molecular formula is C19H24N2O3. The fourth-order valence-electron chi connectivity index (χ4n) is 3.21. The van der Waals surface area contributed by atoms with Crippen molar-refractivity contribution < 1.29 is 9.53 Å². The van der Waals surface area contributed by atoms with E-state index < -0.39 is 0 Å². The molecule has 0 fully saturated rings. The number of aromatic nitrogens is 1. The minimum absolute atomic E-state index is 0.180. The summed E-state index contributed by atoms with van der Waals surface area (Å²) >= 11 is 0. The first kappa shape index (κ1) is 16.7. The van der Waals surface area contributed by atoms with Crippen LogP contribution in [0.5, 0.6) is 0 Å². The molecule has 0 bridgehead atoms. The highest BCUT2D eigenvalue weighted by Crippen LogP contribution is 2.23. The van der Waals surface area contributed by atoms with Crippen molar-refractivity contribution in [2.75, 3.05) is 13.2 Å². The zero-order valence-electron chi connectivity index (χ0n) is 14.3. The summed E-state index contributed by atoms with van der Waals surface area (Å²) in [5, 5.41) is 3.47. The average molecular weight is 328 g/mol. The van der Waals surface area contributed by atoms with E-state index in [9.17, 15) is 9.59 Å². The Hall–Kier alpha value is -2.14. The van der Waals surface area contributed by atoms with Crippen molar-refractivity contribution in [2.24, 2.45) is 0 Å². The van der Waals surface area contributed by atoms with E-state index in [1.807, 2.05) is 30.5 Å². The van der Waals surface area contributed by atoms with Gasteiger partial charge in [-0.25, -0.2) is 0 Å². The molecule has 2 aromatic rings. The van der Waals surface area contributed by atoms with Crippen LogP contribution in [-0.4, -0.2) is 29.7 Å². The molecule has 0 spiro atoms. The first-order valence-electron chi connectivity index (χ1n) is 8.63. The van der Waals surface area contributed by atoms with Gasteiger partial charge in [0.15, 0.2) is 0 Å². The van der Waals surface area contributed by atoms with Gasteiger partial charge >= 0.3 is 0 Å². The number of nitrogens with one attached hydrogen (secondary N) is 1. The SMILES string of the molecule is CC(C)OCCCNC(=O)c1cn2c3c(cccc3c1=O)CCC2. The van der Waals surface area contributed by atoms with Gasteiger partial charge in [0.1, 0.15) is 5.56 Å². The predicted octanol–water partition coefficient (Wildman–Crippen LogP) is 2.49. The highest BCUT2D eigenvalue weighted by molar-refractivity contribution is 5.97. The molecule has 0 radical (unpaired) electrons. The van der Waals surface area contributed by atoms with E-state index in [1.54, 1.807) is 6.20 Å². The Morgan fingerprint density at radius 3 is 3.00 bits per heavy atom. The van der Waals surface area contributed by atoms with E-state index >= 15 is 0 Å². The van der Waals surface area contributed by atoms with Crippen LogP contribution in [0.3, 0.4) is 0 Å². The number of ether oxygens (including phenoxy) is 1. The molecule has 1 aromatic carbocycles. The number of nitrogens with zero attached hydrogens (tertiary/aromatic N) is 1. The highest BCUT2D eigenvalue weighted by atomic mass is 16.5. The van der Waals surface area contributed by atoms with Gasteiger partial charge in [0.2, 0.25) is 5.43 Å². The lowest BCUT2D eigenvalue weighted by Gasteiger charge is -2.20. The Balaban J connectivity index is 1.79. The Morgan fingerprint density at radius 2 is 2.21 bits per heavy atom. The van der Waals surface area contributed by atoms with Crippen molar-refractivity contribution in [1.29, 1.82) is 0 Å². The third kappa shape index (κ3) is 3.36. The Kier molecular flexibility index (Phi) is 5.00. The van der Waals surface area contributed by atoms with Crippen molar-refractivity contribution >= 4 is 16.8 Å². The Morgan fingerprint density at radius 1 is 1.38 bits per heavy atom. The van der Waals surface area contributed by atoms with Crippen LogP contribution in [0.4, 0.5) is 0 Å². The zero-order valence-corrected chi connectivity index (χ0v) is 14.3. The minimum atomic E-state index is -0.300. The molecule has 3 rings (SSSR count). The molecule has 0 unspecified atom stereocenters.